The number of amides is 1. The summed E-state index contributed by atoms with van der Waals surface area (Å²) in [5, 5.41) is 12.1. The number of aliphatic hydroxyl groups excluding tert-OH is 1. The van der Waals surface area contributed by atoms with Crippen LogP contribution in [0.5, 0.6) is 0 Å². The fourth-order valence-electron chi connectivity index (χ4n) is 2.18. The first kappa shape index (κ1) is 15.7. The molecule has 110 valence electrons. The number of aliphatic hydroxyl groups is 1. The highest BCUT2D eigenvalue weighted by molar-refractivity contribution is 9.10. The number of carbonyl (C=O) groups excluding carboxylic acids is 1. The topological polar surface area (TPSA) is 49.3 Å². The molecular formula is C17H18BrNO2. The third kappa shape index (κ3) is 4.41. The Balaban J connectivity index is 2.15. The Morgan fingerprint density at radius 3 is 2.43 bits per heavy atom. The zero-order valence-electron chi connectivity index (χ0n) is 11.6. The Kier molecular flexibility index (Phi) is 5.96. The highest BCUT2D eigenvalue weighted by atomic mass is 79.9. The molecule has 2 N–H and O–H groups in total. The second kappa shape index (κ2) is 7.96. The van der Waals surface area contributed by atoms with Crippen LogP contribution in [0, 0.1) is 0 Å². The van der Waals surface area contributed by atoms with Gasteiger partial charge in [-0.05, 0) is 46.5 Å². The quantitative estimate of drug-likeness (QED) is 0.837. The van der Waals surface area contributed by atoms with E-state index in [9.17, 15) is 4.79 Å². The molecule has 0 saturated carbocycles. The minimum absolute atomic E-state index is 0.0991. The van der Waals surface area contributed by atoms with E-state index in [0.29, 0.717) is 18.4 Å². The maximum Gasteiger partial charge on any atom is 0.252 e. The number of benzene rings is 2. The molecule has 1 unspecified atom stereocenters. The number of rotatable bonds is 6. The molecule has 3 nitrogen and oxygen atoms in total. The molecule has 1 amide bonds. The third-order valence-electron chi connectivity index (χ3n) is 3.28. The Bertz CT molecular complexity index is 586. The molecular weight excluding hydrogens is 330 g/mol. The molecule has 21 heavy (non-hydrogen) atoms. The van der Waals surface area contributed by atoms with Crippen molar-refractivity contribution in [3.8, 4) is 0 Å². The molecule has 0 heterocycles. The second-order valence-electron chi connectivity index (χ2n) is 4.78. The lowest BCUT2D eigenvalue weighted by molar-refractivity contribution is 0.0931. The van der Waals surface area contributed by atoms with Gasteiger partial charge in [0.25, 0.3) is 5.91 Å². The average molecular weight is 348 g/mol. The third-order valence-corrected chi connectivity index (χ3v) is 3.97. The summed E-state index contributed by atoms with van der Waals surface area (Å²) in [5.74, 6) is -0.116. The smallest absolute Gasteiger partial charge is 0.252 e. The molecule has 0 radical (unpaired) electrons. The van der Waals surface area contributed by atoms with Gasteiger partial charge in [-0.25, -0.2) is 0 Å². The van der Waals surface area contributed by atoms with Crippen LogP contribution in [-0.2, 0) is 0 Å². The van der Waals surface area contributed by atoms with E-state index < -0.39 is 0 Å². The van der Waals surface area contributed by atoms with Gasteiger partial charge in [0.1, 0.15) is 0 Å². The summed E-state index contributed by atoms with van der Waals surface area (Å²) in [5.41, 5.74) is 1.66. The predicted octanol–water partition coefficient (Wildman–Crippen LogP) is 3.69. The highest BCUT2D eigenvalue weighted by Crippen LogP contribution is 2.21. The van der Waals surface area contributed by atoms with E-state index in [1.165, 1.54) is 0 Å². The second-order valence-corrected chi connectivity index (χ2v) is 5.64. The average Bonchev–Trinajstić information content (AvgIpc) is 2.52. The first-order chi connectivity index (χ1) is 10.2. The number of hydrogen-bond acceptors (Lipinski definition) is 2. The van der Waals surface area contributed by atoms with Crippen LogP contribution in [0.3, 0.4) is 0 Å². The van der Waals surface area contributed by atoms with Gasteiger partial charge >= 0.3 is 0 Å². The molecule has 2 rings (SSSR count). The lowest BCUT2D eigenvalue weighted by Gasteiger charge is -2.19. The van der Waals surface area contributed by atoms with Gasteiger partial charge in [-0.1, -0.05) is 42.5 Å². The van der Waals surface area contributed by atoms with Crippen LogP contribution in [0.15, 0.2) is 59.1 Å². The van der Waals surface area contributed by atoms with E-state index in [1.807, 2.05) is 48.5 Å². The van der Waals surface area contributed by atoms with Crippen molar-refractivity contribution in [1.29, 1.82) is 0 Å². The number of halogens is 1. The van der Waals surface area contributed by atoms with E-state index in [-0.39, 0.29) is 18.6 Å². The Morgan fingerprint density at radius 1 is 1.10 bits per heavy atom. The van der Waals surface area contributed by atoms with Gasteiger partial charge in [-0.2, -0.15) is 0 Å². The fourth-order valence-corrected chi connectivity index (χ4v) is 2.65. The maximum atomic E-state index is 12.4. The Hall–Kier alpha value is -1.65. The van der Waals surface area contributed by atoms with Crippen LogP contribution in [0.4, 0.5) is 0 Å². The molecule has 0 fully saturated rings. The molecule has 0 aliphatic carbocycles. The largest absolute Gasteiger partial charge is 0.396 e. The summed E-state index contributed by atoms with van der Waals surface area (Å²) >= 11 is 3.39. The molecule has 0 aliphatic rings. The standard InChI is InChI=1S/C17H18BrNO2/c18-15-10-5-4-9-14(15)17(21)19-16(11-6-12-20)13-7-2-1-3-8-13/h1-5,7-10,16,20H,6,11-12H2,(H,19,21). The molecule has 1 atom stereocenters. The fraction of sp³-hybridized carbons (Fsp3) is 0.235. The summed E-state index contributed by atoms with van der Waals surface area (Å²) in [6.45, 7) is 0.119. The van der Waals surface area contributed by atoms with Crippen LogP contribution < -0.4 is 5.32 Å². The van der Waals surface area contributed by atoms with Crippen molar-refractivity contribution in [2.24, 2.45) is 0 Å². The van der Waals surface area contributed by atoms with Gasteiger partial charge in [0.2, 0.25) is 0 Å². The number of nitrogens with one attached hydrogen (secondary N) is 1. The van der Waals surface area contributed by atoms with Crippen molar-refractivity contribution in [2.75, 3.05) is 6.61 Å². The zero-order chi connectivity index (χ0) is 15.1. The highest BCUT2D eigenvalue weighted by Gasteiger charge is 2.16. The maximum absolute atomic E-state index is 12.4. The normalized spacial score (nSPS) is 11.9. The first-order valence-corrected chi connectivity index (χ1v) is 7.73. The van der Waals surface area contributed by atoms with E-state index in [2.05, 4.69) is 21.2 Å². The van der Waals surface area contributed by atoms with E-state index >= 15 is 0 Å². The van der Waals surface area contributed by atoms with Crippen LogP contribution in [-0.4, -0.2) is 17.6 Å². The predicted molar refractivity (Wildman–Crippen MR) is 87.1 cm³/mol. The van der Waals surface area contributed by atoms with Crippen LogP contribution in [0.1, 0.15) is 34.8 Å². The van der Waals surface area contributed by atoms with Crippen molar-refractivity contribution in [3.05, 3.63) is 70.2 Å². The minimum atomic E-state index is -0.116. The molecule has 2 aromatic carbocycles. The summed E-state index contributed by atoms with van der Waals surface area (Å²) < 4.78 is 0.775. The van der Waals surface area contributed by atoms with E-state index in [1.54, 1.807) is 6.07 Å². The first-order valence-electron chi connectivity index (χ1n) is 6.93. The summed E-state index contributed by atoms with van der Waals surface area (Å²) in [6.07, 6.45) is 1.35. The van der Waals surface area contributed by atoms with Gasteiger partial charge in [0.05, 0.1) is 11.6 Å². The van der Waals surface area contributed by atoms with Gasteiger partial charge in [-0.15, -0.1) is 0 Å². The lowest BCUT2D eigenvalue weighted by atomic mass is 10.0. The van der Waals surface area contributed by atoms with Crippen LogP contribution >= 0.6 is 15.9 Å². The Labute approximate surface area is 133 Å². The number of hydrogen-bond donors (Lipinski definition) is 2. The minimum Gasteiger partial charge on any atom is -0.396 e. The van der Waals surface area contributed by atoms with Gasteiger partial charge < -0.3 is 10.4 Å². The van der Waals surface area contributed by atoms with Crippen molar-refractivity contribution < 1.29 is 9.90 Å². The lowest BCUT2D eigenvalue weighted by Crippen LogP contribution is -2.29. The molecule has 2 aromatic rings. The van der Waals surface area contributed by atoms with Crippen molar-refractivity contribution in [2.45, 2.75) is 18.9 Å². The number of carbonyl (C=O) groups is 1. The molecule has 0 aliphatic heterocycles. The monoisotopic (exact) mass is 347 g/mol. The Morgan fingerprint density at radius 2 is 1.76 bits per heavy atom. The molecule has 0 bridgehead atoms. The van der Waals surface area contributed by atoms with E-state index in [0.717, 1.165) is 10.0 Å². The molecule has 0 spiro atoms. The van der Waals surface area contributed by atoms with Crippen molar-refractivity contribution in [1.82, 2.24) is 5.32 Å². The molecule has 0 saturated heterocycles. The zero-order valence-corrected chi connectivity index (χ0v) is 13.2. The SMILES string of the molecule is O=C(NC(CCCO)c1ccccc1)c1ccccc1Br. The molecule has 4 heteroatoms. The van der Waals surface area contributed by atoms with Gasteiger partial charge in [0.15, 0.2) is 0 Å². The summed E-state index contributed by atoms with van der Waals surface area (Å²) in [6, 6.07) is 17.1. The van der Waals surface area contributed by atoms with Crippen LogP contribution in [0.25, 0.3) is 0 Å². The van der Waals surface area contributed by atoms with Crippen molar-refractivity contribution in [3.63, 3.8) is 0 Å². The molecule has 0 aromatic heterocycles. The van der Waals surface area contributed by atoms with Crippen LogP contribution in [0.2, 0.25) is 0 Å². The van der Waals surface area contributed by atoms with Crippen molar-refractivity contribution >= 4 is 21.8 Å². The van der Waals surface area contributed by atoms with E-state index in [4.69, 9.17) is 5.11 Å². The summed E-state index contributed by atoms with van der Waals surface area (Å²) in [4.78, 5) is 12.4. The van der Waals surface area contributed by atoms with Gasteiger partial charge in [0, 0.05) is 11.1 Å². The van der Waals surface area contributed by atoms with Gasteiger partial charge in [-0.3, -0.25) is 4.79 Å². The summed E-state index contributed by atoms with van der Waals surface area (Å²) in [7, 11) is 0.